The number of H-pyrrole nitrogens is 1. The molecule has 0 aromatic carbocycles. The van der Waals surface area contributed by atoms with Crippen LogP contribution < -0.4 is 15.2 Å². The van der Waals surface area contributed by atoms with E-state index in [-0.39, 0.29) is 17.4 Å². The van der Waals surface area contributed by atoms with Gasteiger partial charge in [-0.2, -0.15) is 0 Å². The Hall–Kier alpha value is -2.05. The topological polar surface area (TPSA) is 95.5 Å². The lowest BCUT2D eigenvalue weighted by Crippen LogP contribution is -2.34. The van der Waals surface area contributed by atoms with Gasteiger partial charge in [-0.05, 0) is 13.3 Å². The Labute approximate surface area is 103 Å². The van der Waals surface area contributed by atoms with Gasteiger partial charge in [0.15, 0.2) is 5.82 Å². The maximum absolute atomic E-state index is 11.6. The molecule has 2 rings (SSSR count). The van der Waals surface area contributed by atoms with Crippen molar-refractivity contribution in [2.45, 2.75) is 19.4 Å². The number of carbonyl (C=O) groups is 1. The van der Waals surface area contributed by atoms with Gasteiger partial charge in [0.1, 0.15) is 0 Å². The van der Waals surface area contributed by atoms with Gasteiger partial charge in [-0.25, -0.2) is 4.98 Å². The van der Waals surface area contributed by atoms with Gasteiger partial charge in [0.05, 0.1) is 19.4 Å². The summed E-state index contributed by atoms with van der Waals surface area (Å²) in [7, 11) is 1.39. The number of ether oxygens (including phenoxy) is 1. The van der Waals surface area contributed by atoms with Gasteiger partial charge in [0, 0.05) is 12.6 Å². The van der Waals surface area contributed by atoms with Crippen molar-refractivity contribution in [1.29, 1.82) is 0 Å². The van der Waals surface area contributed by atoms with E-state index in [4.69, 9.17) is 9.84 Å². The third-order valence-corrected chi connectivity index (χ3v) is 3.34. The molecule has 1 aromatic rings. The second-order valence-corrected chi connectivity index (χ2v) is 4.26. The number of anilines is 1. The van der Waals surface area contributed by atoms with Crippen LogP contribution in [0.4, 0.5) is 5.82 Å². The van der Waals surface area contributed by atoms with Crippen LogP contribution in [0.5, 0.6) is 5.75 Å². The normalized spacial score (nSPS) is 23.1. The Morgan fingerprint density at radius 1 is 1.67 bits per heavy atom. The third-order valence-electron chi connectivity index (χ3n) is 3.34. The zero-order valence-corrected chi connectivity index (χ0v) is 10.2. The van der Waals surface area contributed by atoms with Crippen molar-refractivity contribution in [1.82, 2.24) is 9.97 Å². The number of hydrogen-bond acceptors (Lipinski definition) is 5. The molecule has 2 atom stereocenters. The molecule has 1 saturated heterocycles. The number of aromatic amines is 1. The number of carboxylic acids is 1. The minimum atomic E-state index is -0.825. The van der Waals surface area contributed by atoms with Crippen LogP contribution in [0.25, 0.3) is 0 Å². The first-order chi connectivity index (χ1) is 8.56. The summed E-state index contributed by atoms with van der Waals surface area (Å²) in [6.45, 7) is 2.36. The summed E-state index contributed by atoms with van der Waals surface area (Å²) in [5, 5.41) is 9.08. The second-order valence-electron chi connectivity index (χ2n) is 4.26. The number of hydrogen-bond donors (Lipinski definition) is 2. The second kappa shape index (κ2) is 4.67. The molecule has 0 saturated carbocycles. The van der Waals surface area contributed by atoms with Crippen molar-refractivity contribution in [2.75, 3.05) is 18.6 Å². The van der Waals surface area contributed by atoms with Crippen molar-refractivity contribution >= 4 is 11.8 Å². The molecule has 0 radical (unpaired) electrons. The molecule has 7 nitrogen and oxygen atoms in total. The fraction of sp³-hybridized carbons (Fsp3) is 0.545. The minimum absolute atomic E-state index is 0.121. The maximum atomic E-state index is 11.6. The minimum Gasteiger partial charge on any atom is -0.489 e. The number of nitrogens with one attached hydrogen (secondary N) is 1. The fourth-order valence-electron chi connectivity index (χ4n) is 2.34. The molecule has 0 spiro atoms. The molecule has 2 N–H and O–H groups in total. The lowest BCUT2D eigenvalue weighted by atomic mass is 10.0. The van der Waals surface area contributed by atoms with E-state index in [1.807, 2.05) is 6.92 Å². The Kier molecular flexibility index (Phi) is 3.22. The Morgan fingerprint density at radius 2 is 2.39 bits per heavy atom. The molecule has 1 aromatic heterocycles. The Bertz CT molecular complexity index is 513. The standard InChI is InChI=1S/C11H15N3O4/c1-6-7(11(16)17)3-4-14(6)9-8(18-2)10(15)13-5-12-9/h5-7H,3-4H2,1-2H3,(H,16,17)(H,12,13,15). The third kappa shape index (κ3) is 1.92. The highest BCUT2D eigenvalue weighted by Crippen LogP contribution is 2.32. The number of methoxy groups -OCH3 is 1. The molecule has 18 heavy (non-hydrogen) atoms. The average Bonchev–Trinajstić information content (AvgIpc) is 2.70. The van der Waals surface area contributed by atoms with Gasteiger partial charge >= 0.3 is 5.97 Å². The van der Waals surface area contributed by atoms with Crippen LogP contribution in [0.15, 0.2) is 11.1 Å². The molecule has 1 aliphatic heterocycles. The molecule has 0 aliphatic carbocycles. The number of rotatable bonds is 3. The van der Waals surface area contributed by atoms with Crippen LogP contribution in [0.3, 0.4) is 0 Å². The summed E-state index contributed by atoms with van der Waals surface area (Å²) in [4.78, 5) is 31.0. The lowest BCUT2D eigenvalue weighted by Gasteiger charge is -2.25. The first-order valence-corrected chi connectivity index (χ1v) is 5.67. The van der Waals surface area contributed by atoms with Gasteiger partial charge in [-0.15, -0.1) is 0 Å². The number of nitrogens with zero attached hydrogens (tertiary/aromatic N) is 2. The van der Waals surface area contributed by atoms with Gasteiger partial charge < -0.3 is 19.7 Å². The van der Waals surface area contributed by atoms with E-state index in [1.54, 1.807) is 4.90 Å². The van der Waals surface area contributed by atoms with Crippen LogP contribution in [0.1, 0.15) is 13.3 Å². The van der Waals surface area contributed by atoms with E-state index in [0.29, 0.717) is 18.8 Å². The fourth-order valence-corrected chi connectivity index (χ4v) is 2.34. The molecular formula is C11H15N3O4. The molecule has 98 valence electrons. The highest BCUT2D eigenvalue weighted by atomic mass is 16.5. The van der Waals surface area contributed by atoms with Crippen LogP contribution in [0.2, 0.25) is 0 Å². The zero-order chi connectivity index (χ0) is 13.3. The Balaban J connectivity index is 2.36. The molecule has 7 heteroatoms. The summed E-state index contributed by atoms with van der Waals surface area (Å²) in [5.74, 6) is -0.752. The summed E-state index contributed by atoms with van der Waals surface area (Å²) in [5.41, 5.74) is -0.367. The highest BCUT2D eigenvalue weighted by molar-refractivity contribution is 5.73. The first kappa shape index (κ1) is 12.4. The van der Waals surface area contributed by atoms with Crippen LogP contribution in [-0.2, 0) is 4.79 Å². The molecule has 2 heterocycles. The molecule has 2 unspecified atom stereocenters. The van der Waals surface area contributed by atoms with Crippen molar-refractivity contribution in [3.05, 3.63) is 16.7 Å². The molecule has 0 bridgehead atoms. The van der Waals surface area contributed by atoms with Gasteiger partial charge in [-0.1, -0.05) is 0 Å². The van der Waals surface area contributed by atoms with Gasteiger partial charge in [-0.3, -0.25) is 9.59 Å². The quantitative estimate of drug-likeness (QED) is 0.792. The van der Waals surface area contributed by atoms with Crippen LogP contribution in [-0.4, -0.2) is 40.7 Å². The van der Waals surface area contributed by atoms with Crippen LogP contribution in [0, 0.1) is 5.92 Å². The summed E-state index contributed by atoms with van der Waals surface area (Å²) in [6, 6.07) is -0.217. The van der Waals surface area contributed by atoms with Crippen molar-refractivity contribution in [2.24, 2.45) is 5.92 Å². The largest absolute Gasteiger partial charge is 0.489 e. The summed E-state index contributed by atoms with van der Waals surface area (Å²) in [6.07, 6.45) is 1.83. The van der Waals surface area contributed by atoms with Crippen molar-refractivity contribution in [3.8, 4) is 5.75 Å². The maximum Gasteiger partial charge on any atom is 0.308 e. The van der Waals surface area contributed by atoms with E-state index in [2.05, 4.69) is 9.97 Å². The number of aliphatic carboxylic acids is 1. The highest BCUT2D eigenvalue weighted by Gasteiger charge is 2.37. The van der Waals surface area contributed by atoms with Crippen molar-refractivity contribution < 1.29 is 14.6 Å². The average molecular weight is 253 g/mol. The SMILES string of the molecule is COc1c(N2CCC(C(=O)O)C2C)nc[nH]c1=O. The van der Waals surface area contributed by atoms with Crippen LogP contribution >= 0.6 is 0 Å². The molecular weight excluding hydrogens is 238 g/mol. The molecule has 0 amide bonds. The number of aromatic nitrogens is 2. The first-order valence-electron chi connectivity index (χ1n) is 5.67. The number of carboxylic acid groups (broad SMARTS) is 1. The van der Waals surface area contributed by atoms with E-state index in [1.165, 1.54) is 13.4 Å². The van der Waals surface area contributed by atoms with E-state index in [0.717, 1.165) is 0 Å². The predicted molar refractivity (Wildman–Crippen MR) is 64.0 cm³/mol. The lowest BCUT2D eigenvalue weighted by molar-refractivity contribution is -0.141. The van der Waals surface area contributed by atoms with Crippen molar-refractivity contribution in [3.63, 3.8) is 0 Å². The van der Waals surface area contributed by atoms with E-state index < -0.39 is 11.9 Å². The zero-order valence-electron chi connectivity index (χ0n) is 10.2. The summed E-state index contributed by atoms with van der Waals surface area (Å²) >= 11 is 0. The van der Waals surface area contributed by atoms with E-state index >= 15 is 0 Å². The molecule has 1 aliphatic rings. The smallest absolute Gasteiger partial charge is 0.308 e. The Morgan fingerprint density at radius 3 is 2.94 bits per heavy atom. The predicted octanol–water partition coefficient (Wildman–Crippen LogP) is 0.0779. The summed E-state index contributed by atoms with van der Waals surface area (Å²) < 4.78 is 5.04. The molecule has 1 fully saturated rings. The van der Waals surface area contributed by atoms with Gasteiger partial charge in [0.2, 0.25) is 5.75 Å². The van der Waals surface area contributed by atoms with E-state index in [9.17, 15) is 9.59 Å². The monoisotopic (exact) mass is 253 g/mol. The van der Waals surface area contributed by atoms with Gasteiger partial charge in [0.25, 0.3) is 5.56 Å².